The van der Waals surface area contributed by atoms with Gasteiger partial charge in [-0.25, -0.2) is 4.90 Å². The molecule has 32 heavy (non-hydrogen) atoms. The van der Waals surface area contributed by atoms with E-state index in [0.29, 0.717) is 11.0 Å². The van der Waals surface area contributed by atoms with Gasteiger partial charge in [0.1, 0.15) is 0 Å². The molecule has 0 radical (unpaired) electrons. The number of halogens is 4. The first-order valence-corrected chi connectivity index (χ1v) is 9.71. The molecule has 2 bridgehead atoms. The zero-order valence-electron chi connectivity index (χ0n) is 16.5. The predicted molar refractivity (Wildman–Crippen MR) is 100.0 cm³/mol. The van der Waals surface area contributed by atoms with Gasteiger partial charge >= 0.3 is 18.1 Å². The minimum absolute atomic E-state index is 0.322. The van der Waals surface area contributed by atoms with Crippen molar-refractivity contribution >= 4 is 41.0 Å². The summed E-state index contributed by atoms with van der Waals surface area (Å²) in [5, 5.41) is -0.591. The molecule has 8 nitrogen and oxygen atoms in total. The van der Waals surface area contributed by atoms with Crippen molar-refractivity contribution in [1.29, 1.82) is 0 Å². The number of imide groups is 1. The highest BCUT2D eigenvalue weighted by Gasteiger charge is 2.72. The van der Waals surface area contributed by atoms with Gasteiger partial charge in [-0.3, -0.25) is 19.2 Å². The van der Waals surface area contributed by atoms with E-state index < -0.39 is 70.3 Å². The molecule has 170 valence electrons. The number of hydrogen-bond acceptors (Lipinski definition) is 7. The van der Waals surface area contributed by atoms with Crippen LogP contribution in [0, 0.1) is 11.8 Å². The van der Waals surface area contributed by atoms with E-state index in [4.69, 9.17) is 25.8 Å². The molecule has 0 N–H and O–H groups in total. The average molecular weight is 474 g/mol. The molecule has 1 aromatic carbocycles. The van der Waals surface area contributed by atoms with Crippen LogP contribution >= 0.6 is 11.6 Å². The van der Waals surface area contributed by atoms with Crippen LogP contribution in [0.2, 0.25) is 5.02 Å². The molecular formula is C20H15ClF3NO7. The lowest BCUT2D eigenvalue weighted by atomic mass is 9.76. The molecular weight excluding hydrogens is 459 g/mol. The molecule has 0 saturated carbocycles. The number of esters is 2. The topological polar surface area (TPSA) is 99.2 Å². The van der Waals surface area contributed by atoms with E-state index in [1.165, 1.54) is 12.2 Å². The Morgan fingerprint density at radius 1 is 1.16 bits per heavy atom. The van der Waals surface area contributed by atoms with Gasteiger partial charge in [-0.1, -0.05) is 17.7 Å². The molecule has 2 amide bonds. The predicted octanol–water partition coefficient (Wildman–Crippen LogP) is 2.62. The van der Waals surface area contributed by atoms with Gasteiger partial charge in [-0.15, -0.1) is 0 Å². The minimum atomic E-state index is -4.81. The van der Waals surface area contributed by atoms with Crippen molar-refractivity contribution in [2.45, 2.75) is 38.0 Å². The van der Waals surface area contributed by atoms with Crippen LogP contribution in [0.3, 0.4) is 0 Å². The molecule has 3 heterocycles. The van der Waals surface area contributed by atoms with Crippen molar-refractivity contribution in [1.82, 2.24) is 0 Å². The molecule has 4 rings (SSSR count). The Bertz CT molecular complexity index is 1060. The van der Waals surface area contributed by atoms with Crippen LogP contribution in [0.4, 0.5) is 18.9 Å². The summed E-state index contributed by atoms with van der Waals surface area (Å²) in [6, 6.07) is 2.67. The average Bonchev–Trinajstić information content (AvgIpc) is 3.32. The Morgan fingerprint density at radius 2 is 1.78 bits per heavy atom. The zero-order chi connectivity index (χ0) is 23.6. The van der Waals surface area contributed by atoms with Gasteiger partial charge in [-0.05, 0) is 24.3 Å². The number of nitrogens with zero attached hydrogens (tertiary/aromatic N) is 1. The van der Waals surface area contributed by atoms with E-state index >= 15 is 0 Å². The fraction of sp³-hybridized carbons (Fsp3) is 0.400. The van der Waals surface area contributed by atoms with E-state index in [-0.39, 0.29) is 5.69 Å². The third-order valence-electron chi connectivity index (χ3n) is 5.51. The Hall–Kier alpha value is -2.92. The van der Waals surface area contributed by atoms with E-state index in [1.807, 2.05) is 0 Å². The van der Waals surface area contributed by atoms with E-state index in [9.17, 15) is 32.3 Å². The van der Waals surface area contributed by atoms with E-state index in [1.54, 1.807) is 0 Å². The summed E-state index contributed by atoms with van der Waals surface area (Å²) in [6.07, 6.45) is -4.59. The molecule has 4 atom stereocenters. The number of carbonyl (C=O) groups is 4. The number of alkyl halides is 3. The van der Waals surface area contributed by atoms with Crippen molar-refractivity contribution < 1.29 is 46.6 Å². The summed E-state index contributed by atoms with van der Waals surface area (Å²) in [5.74, 6) is -5.75. The number of anilines is 1. The van der Waals surface area contributed by atoms with Crippen molar-refractivity contribution in [2.75, 3.05) is 4.90 Å². The van der Waals surface area contributed by atoms with Crippen LogP contribution in [-0.2, 0) is 39.6 Å². The quantitative estimate of drug-likeness (QED) is 0.287. The first-order valence-electron chi connectivity index (χ1n) is 9.33. The number of fused-ring (bicyclic) bond motifs is 5. The highest BCUT2D eigenvalue weighted by atomic mass is 35.5. The van der Waals surface area contributed by atoms with Gasteiger partial charge in [0.15, 0.2) is 5.60 Å². The molecule has 0 aromatic heterocycles. The third kappa shape index (κ3) is 3.27. The highest BCUT2D eigenvalue weighted by molar-refractivity contribution is 6.31. The van der Waals surface area contributed by atoms with E-state index in [0.717, 1.165) is 26.0 Å². The SMILES string of the molecule is CC(=O)OC(OC(C)=O)[C@@]12C=C[C@@H](O1)[C@@H]1C(=O)N(c3ccc(Cl)c(C(F)(F)F)c3)C(=O)[C@@H]12. The molecule has 2 fully saturated rings. The molecule has 3 aliphatic rings. The summed E-state index contributed by atoms with van der Waals surface area (Å²) in [7, 11) is 0. The van der Waals surface area contributed by atoms with Gasteiger partial charge in [0.05, 0.1) is 34.2 Å². The van der Waals surface area contributed by atoms with Gasteiger partial charge in [0.25, 0.3) is 6.29 Å². The van der Waals surface area contributed by atoms with Crippen molar-refractivity contribution in [3.63, 3.8) is 0 Å². The van der Waals surface area contributed by atoms with Crippen LogP contribution in [0.5, 0.6) is 0 Å². The lowest BCUT2D eigenvalue weighted by Gasteiger charge is -2.34. The van der Waals surface area contributed by atoms with Gasteiger partial charge in [-0.2, -0.15) is 13.2 Å². The van der Waals surface area contributed by atoms with Crippen molar-refractivity contribution in [2.24, 2.45) is 11.8 Å². The van der Waals surface area contributed by atoms with Crippen molar-refractivity contribution in [3.8, 4) is 0 Å². The second-order valence-corrected chi connectivity index (χ2v) is 7.93. The monoisotopic (exact) mass is 473 g/mol. The standard InChI is InChI=1S/C20H15ClF3NO7/c1-8(26)30-18(31-9(2)27)19-6-5-13(32-19)14-15(19)17(29)25(16(14)28)10-3-4-12(21)11(7-10)20(22,23)24/h3-7,13-15,18H,1-2H3/t13-,14+,15-,19+/m1/s1. The summed E-state index contributed by atoms with van der Waals surface area (Å²) in [4.78, 5) is 50.2. The molecule has 3 aliphatic heterocycles. The van der Waals surface area contributed by atoms with E-state index in [2.05, 4.69) is 0 Å². The molecule has 0 unspecified atom stereocenters. The second-order valence-electron chi connectivity index (χ2n) is 7.52. The number of carbonyl (C=O) groups excluding carboxylic acids is 4. The first-order chi connectivity index (χ1) is 14.9. The smallest absolute Gasteiger partial charge is 0.417 e. The third-order valence-corrected chi connectivity index (χ3v) is 5.84. The lowest BCUT2D eigenvalue weighted by molar-refractivity contribution is -0.226. The van der Waals surface area contributed by atoms with Crippen LogP contribution in [0.1, 0.15) is 19.4 Å². The Kier molecular flexibility index (Phi) is 5.09. The van der Waals surface area contributed by atoms with Crippen LogP contribution < -0.4 is 4.90 Å². The largest absolute Gasteiger partial charge is 0.422 e. The first kappa shape index (κ1) is 22.3. The number of rotatable bonds is 4. The normalized spacial score (nSPS) is 28.5. The summed E-state index contributed by atoms with van der Waals surface area (Å²) < 4.78 is 55.8. The molecule has 2 saturated heterocycles. The second kappa shape index (κ2) is 7.31. The Labute approximate surface area is 183 Å². The maximum atomic E-state index is 13.3. The Morgan fingerprint density at radius 3 is 2.34 bits per heavy atom. The maximum Gasteiger partial charge on any atom is 0.417 e. The fourth-order valence-electron chi connectivity index (χ4n) is 4.34. The maximum absolute atomic E-state index is 13.3. The zero-order valence-corrected chi connectivity index (χ0v) is 17.3. The molecule has 0 spiro atoms. The number of ether oxygens (including phenoxy) is 3. The van der Waals surface area contributed by atoms with Crippen LogP contribution in [-0.4, -0.2) is 41.7 Å². The lowest BCUT2D eigenvalue weighted by Crippen LogP contribution is -2.52. The summed E-state index contributed by atoms with van der Waals surface area (Å²) in [5.41, 5.74) is -3.33. The summed E-state index contributed by atoms with van der Waals surface area (Å²) in [6.45, 7) is 2.10. The van der Waals surface area contributed by atoms with Gasteiger partial charge < -0.3 is 14.2 Å². The van der Waals surface area contributed by atoms with Gasteiger partial charge in [0, 0.05) is 13.8 Å². The summed E-state index contributed by atoms with van der Waals surface area (Å²) >= 11 is 5.64. The molecule has 1 aromatic rings. The highest BCUT2D eigenvalue weighted by Crippen LogP contribution is 2.55. The number of amides is 2. The van der Waals surface area contributed by atoms with Crippen molar-refractivity contribution in [3.05, 3.63) is 40.9 Å². The number of hydrogen-bond donors (Lipinski definition) is 0. The molecule has 12 heteroatoms. The van der Waals surface area contributed by atoms with Crippen LogP contribution in [0.15, 0.2) is 30.4 Å². The fourth-order valence-corrected chi connectivity index (χ4v) is 4.57. The Balaban J connectivity index is 1.76. The van der Waals surface area contributed by atoms with Gasteiger partial charge in [0.2, 0.25) is 11.8 Å². The van der Waals surface area contributed by atoms with Crippen LogP contribution in [0.25, 0.3) is 0 Å². The molecule has 0 aliphatic carbocycles. The number of benzene rings is 1. The minimum Gasteiger partial charge on any atom is -0.422 e.